The van der Waals surface area contributed by atoms with Crippen LogP contribution in [-0.2, 0) is 14.3 Å². The van der Waals surface area contributed by atoms with Gasteiger partial charge in [-0.3, -0.25) is 9.69 Å². The predicted octanol–water partition coefficient (Wildman–Crippen LogP) is 2.16. The van der Waals surface area contributed by atoms with Crippen molar-refractivity contribution in [3.8, 4) is 0 Å². The second kappa shape index (κ2) is 8.67. The Labute approximate surface area is 148 Å². The molecule has 0 bridgehead atoms. The lowest BCUT2D eigenvalue weighted by molar-refractivity contribution is -0.132. The highest BCUT2D eigenvalue weighted by molar-refractivity contribution is 5.83. The van der Waals surface area contributed by atoms with Gasteiger partial charge in [-0.25, -0.2) is 4.79 Å². The highest BCUT2D eigenvalue weighted by atomic mass is 16.6. The van der Waals surface area contributed by atoms with Crippen molar-refractivity contribution >= 4 is 18.1 Å². The molecule has 2 heterocycles. The quantitative estimate of drug-likeness (QED) is 0.761. The Morgan fingerprint density at radius 2 is 2.12 bits per heavy atom. The number of hydrogen-bond acceptors (Lipinski definition) is 4. The second-order valence-electron chi connectivity index (χ2n) is 6.28. The van der Waals surface area contributed by atoms with Crippen LogP contribution in [-0.4, -0.2) is 67.3 Å². The van der Waals surface area contributed by atoms with Gasteiger partial charge in [0.1, 0.15) is 13.2 Å². The normalized spacial score (nSPS) is 20.2. The summed E-state index contributed by atoms with van der Waals surface area (Å²) in [5, 5.41) is 0. The van der Waals surface area contributed by atoms with E-state index in [1.807, 2.05) is 42.5 Å². The van der Waals surface area contributed by atoms with Crippen LogP contribution in [0.25, 0.3) is 6.08 Å². The summed E-state index contributed by atoms with van der Waals surface area (Å²) in [5.74, 6) is -0.0768. The monoisotopic (exact) mass is 344 g/mol. The van der Waals surface area contributed by atoms with Crippen molar-refractivity contribution in [2.24, 2.45) is 0 Å². The number of carbonyl (C=O) groups excluding carboxylic acids is 2. The maximum atomic E-state index is 12.7. The lowest BCUT2D eigenvalue weighted by Gasteiger charge is -2.26. The zero-order valence-corrected chi connectivity index (χ0v) is 14.3. The third-order valence-corrected chi connectivity index (χ3v) is 4.41. The van der Waals surface area contributed by atoms with E-state index < -0.39 is 6.09 Å². The van der Waals surface area contributed by atoms with Gasteiger partial charge < -0.3 is 14.4 Å². The molecule has 2 saturated heterocycles. The summed E-state index contributed by atoms with van der Waals surface area (Å²) in [6, 6.07) is 9.97. The fourth-order valence-corrected chi connectivity index (χ4v) is 3.03. The number of hydrogen-bond donors (Lipinski definition) is 0. The number of rotatable bonds is 7. The molecule has 0 saturated carbocycles. The maximum absolute atomic E-state index is 12.7. The lowest BCUT2D eigenvalue weighted by Crippen LogP contribution is -2.44. The van der Waals surface area contributed by atoms with Crippen LogP contribution in [0.5, 0.6) is 0 Å². The molecule has 0 aliphatic carbocycles. The standard InChI is InChI=1S/C19H24N2O4/c22-18(15-21-11-13-25-19(21)23)20(14-17-9-5-12-24-17)10-4-8-16-6-2-1-3-7-16/h1-4,6-8,17H,5,9-15H2/b8-4+/t17-/m1/s1. The zero-order chi connectivity index (χ0) is 17.5. The van der Waals surface area contributed by atoms with Crippen molar-refractivity contribution in [2.75, 3.05) is 39.4 Å². The molecule has 2 aliphatic rings. The van der Waals surface area contributed by atoms with E-state index >= 15 is 0 Å². The summed E-state index contributed by atoms with van der Waals surface area (Å²) in [7, 11) is 0. The molecule has 0 aromatic heterocycles. The SMILES string of the molecule is O=C(CN1CCOC1=O)N(C/C=C/c1ccccc1)C[C@H]1CCCO1. The summed E-state index contributed by atoms with van der Waals surface area (Å²) in [6.07, 6.45) is 5.65. The van der Waals surface area contributed by atoms with Crippen LogP contribution >= 0.6 is 0 Å². The Hall–Kier alpha value is -2.34. The Bertz CT molecular complexity index is 611. The van der Waals surface area contributed by atoms with E-state index in [2.05, 4.69) is 0 Å². The minimum absolute atomic E-state index is 0.0602. The molecule has 6 nitrogen and oxygen atoms in total. The van der Waals surface area contributed by atoms with Crippen LogP contribution in [0, 0.1) is 0 Å². The summed E-state index contributed by atoms with van der Waals surface area (Å²) in [5.41, 5.74) is 1.09. The fourth-order valence-electron chi connectivity index (χ4n) is 3.03. The fraction of sp³-hybridized carbons (Fsp3) is 0.474. The number of amides is 2. The van der Waals surface area contributed by atoms with Gasteiger partial charge in [0.2, 0.25) is 5.91 Å². The van der Waals surface area contributed by atoms with Crippen LogP contribution in [0.2, 0.25) is 0 Å². The van der Waals surface area contributed by atoms with Gasteiger partial charge in [0.05, 0.1) is 12.6 Å². The molecule has 2 aliphatic heterocycles. The molecule has 0 N–H and O–H groups in total. The number of cyclic esters (lactones) is 1. The molecule has 134 valence electrons. The number of nitrogens with zero attached hydrogens (tertiary/aromatic N) is 2. The van der Waals surface area contributed by atoms with Gasteiger partial charge in [-0.2, -0.15) is 0 Å². The Kier molecular flexibility index (Phi) is 6.06. The van der Waals surface area contributed by atoms with E-state index in [0.29, 0.717) is 26.2 Å². The molecule has 6 heteroatoms. The summed E-state index contributed by atoms with van der Waals surface area (Å²) in [4.78, 5) is 27.4. The van der Waals surface area contributed by atoms with Gasteiger partial charge in [0, 0.05) is 19.7 Å². The van der Waals surface area contributed by atoms with Gasteiger partial charge in [0.25, 0.3) is 0 Å². The third-order valence-electron chi connectivity index (χ3n) is 4.41. The molecule has 3 rings (SSSR count). The number of ether oxygens (including phenoxy) is 2. The van der Waals surface area contributed by atoms with Crippen molar-refractivity contribution in [3.63, 3.8) is 0 Å². The second-order valence-corrected chi connectivity index (χ2v) is 6.28. The molecule has 1 atom stereocenters. The first kappa shape index (κ1) is 17.5. The topological polar surface area (TPSA) is 59.1 Å². The molecule has 0 unspecified atom stereocenters. The molecule has 25 heavy (non-hydrogen) atoms. The average molecular weight is 344 g/mol. The minimum atomic E-state index is -0.412. The third kappa shape index (κ3) is 5.06. The van der Waals surface area contributed by atoms with Crippen LogP contribution in [0.4, 0.5) is 4.79 Å². The Morgan fingerprint density at radius 3 is 2.80 bits per heavy atom. The van der Waals surface area contributed by atoms with Crippen LogP contribution in [0.15, 0.2) is 36.4 Å². The number of benzene rings is 1. The lowest BCUT2D eigenvalue weighted by atomic mass is 10.2. The van der Waals surface area contributed by atoms with Crippen LogP contribution in [0.1, 0.15) is 18.4 Å². The Morgan fingerprint density at radius 1 is 1.28 bits per heavy atom. The highest BCUT2D eigenvalue weighted by Gasteiger charge is 2.28. The van der Waals surface area contributed by atoms with E-state index in [1.54, 1.807) is 4.90 Å². The highest BCUT2D eigenvalue weighted by Crippen LogP contribution is 2.14. The summed E-state index contributed by atoms with van der Waals surface area (Å²) >= 11 is 0. The molecular formula is C19H24N2O4. The molecule has 0 radical (unpaired) electrons. The van der Waals surface area contributed by atoms with E-state index in [9.17, 15) is 9.59 Å². The predicted molar refractivity (Wildman–Crippen MR) is 94.0 cm³/mol. The van der Waals surface area contributed by atoms with Gasteiger partial charge in [-0.1, -0.05) is 42.5 Å². The van der Waals surface area contributed by atoms with Gasteiger partial charge >= 0.3 is 6.09 Å². The van der Waals surface area contributed by atoms with Crippen molar-refractivity contribution in [3.05, 3.63) is 42.0 Å². The van der Waals surface area contributed by atoms with E-state index in [4.69, 9.17) is 9.47 Å². The first-order valence-electron chi connectivity index (χ1n) is 8.75. The molecular weight excluding hydrogens is 320 g/mol. The zero-order valence-electron chi connectivity index (χ0n) is 14.3. The molecule has 0 spiro atoms. The molecule has 2 fully saturated rings. The van der Waals surface area contributed by atoms with Crippen molar-refractivity contribution in [1.82, 2.24) is 9.80 Å². The van der Waals surface area contributed by atoms with Crippen LogP contribution in [0.3, 0.4) is 0 Å². The molecule has 2 amide bonds. The van der Waals surface area contributed by atoms with E-state index in [1.165, 1.54) is 4.90 Å². The van der Waals surface area contributed by atoms with Gasteiger partial charge in [-0.05, 0) is 18.4 Å². The van der Waals surface area contributed by atoms with E-state index in [-0.39, 0.29) is 18.6 Å². The molecule has 1 aromatic carbocycles. The Balaban J connectivity index is 1.60. The smallest absolute Gasteiger partial charge is 0.410 e. The van der Waals surface area contributed by atoms with Crippen LogP contribution < -0.4 is 0 Å². The van der Waals surface area contributed by atoms with Crippen molar-refractivity contribution < 1.29 is 19.1 Å². The van der Waals surface area contributed by atoms with Gasteiger partial charge in [-0.15, -0.1) is 0 Å². The first-order chi connectivity index (χ1) is 12.2. The summed E-state index contributed by atoms with van der Waals surface area (Å²) < 4.78 is 10.6. The van der Waals surface area contributed by atoms with Crippen molar-refractivity contribution in [2.45, 2.75) is 18.9 Å². The van der Waals surface area contributed by atoms with E-state index in [0.717, 1.165) is 25.0 Å². The molecule has 1 aromatic rings. The average Bonchev–Trinajstić information content (AvgIpc) is 3.27. The van der Waals surface area contributed by atoms with Gasteiger partial charge in [0.15, 0.2) is 0 Å². The minimum Gasteiger partial charge on any atom is -0.448 e. The largest absolute Gasteiger partial charge is 0.448 e. The summed E-state index contributed by atoms with van der Waals surface area (Å²) in [6.45, 7) is 2.69. The number of carbonyl (C=O) groups is 2. The maximum Gasteiger partial charge on any atom is 0.410 e. The first-order valence-corrected chi connectivity index (χ1v) is 8.75. The van der Waals surface area contributed by atoms with Crippen molar-refractivity contribution in [1.29, 1.82) is 0 Å².